The zero-order valence-corrected chi connectivity index (χ0v) is 11.6. The SMILES string of the molecule is Cl.O=C(O)[C@H](Cc1ccccc1)OC[C@@H]1CCCN1. The van der Waals surface area contributed by atoms with Crippen LogP contribution in [-0.2, 0) is 16.0 Å². The fourth-order valence-corrected chi connectivity index (χ4v) is 2.18. The van der Waals surface area contributed by atoms with Gasteiger partial charge in [0.1, 0.15) is 0 Å². The smallest absolute Gasteiger partial charge is 0.333 e. The highest BCUT2D eigenvalue weighted by Gasteiger charge is 2.22. The molecule has 0 amide bonds. The number of benzene rings is 1. The highest BCUT2D eigenvalue weighted by Crippen LogP contribution is 2.10. The number of rotatable bonds is 6. The van der Waals surface area contributed by atoms with Crippen molar-refractivity contribution in [2.75, 3.05) is 13.2 Å². The Bertz CT molecular complexity index is 380. The van der Waals surface area contributed by atoms with Crippen molar-refractivity contribution in [2.45, 2.75) is 31.4 Å². The Balaban J connectivity index is 0.00000180. The largest absolute Gasteiger partial charge is 0.479 e. The number of carbonyl (C=O) groups is 1. The first-order valence-electron chi connectivity index (χ1n) is 6.37. The standard InChI is InChI=1S/C14H19NO3.ClH/c16-14(17)13(9-11-5-2-1-3-6-11)18-10-12-7-4-8-15-12;/h1-3,5-6,12-13,15H,4,7-10H2,(H,16,17);1H/t12-,13-;/m0./s1. The molecule has 2 atom stereocenters. The molecule has 0 spiro atoms. The molecule has 0 aromatic heterocycles. The van der Waals surface area contributed by atoms with Crippen LogP contribution in [-0.4, -0.2) is 36.4 Å². The fourth-order valence-electron chi connectivity index (χ4n) is 2.18. The average Bonchev–Trinajstić information content (AvgIpc) is 2.88. The van der Waals surface area contributed by atoms with Gasteiger partial charge in [0.2, 0.25) is 0 Å². The van der Waals surface area contributed by atoms with E-state index in [-0.39, 0.29) is 12.4 Å². The van der Waals surface area contributed by atoms with Gasteiger partial charge < -0.3 is 15.2 Å². The van der Waals surface area contributed by atoms with E-state index in [4.69, 9.17) is 9.84 Å². The van der Waals surface area contributed by atoms with Gasteiger partial charge in [-0.3, -0.25) is 0 Å². The van der Waals surface area contributed by atoms with Crippen molar-refractivity contribution in [3.05, 3.63) is 35.9 Å². The van der Waals surface area contributed by atoms with Crippen molar-refractivity contribution >= 4 is 18.4 Å². The van der Waals surface area contributed by atoms with Crippen molar-refractivity contribution < 1.29 is 14.6 Å². The summed E-state index contributed by atoms with van der Waals surface area (Å²) in [4.78, 5) is 11.2. The third kappa shape index (κ3) is 5.19. The van der Waals surface area contributed by atoms with Gasteiger partial charge in [0.25, 0.3) is 0 Å². The summed E-state index contributed by atoms with van der Waals surface area (Å²) >= 11 is 0. The lowest BCUT2D eigenvalue weighted by molar-refractivity contribution is -0.150. The van der Waals surface area contributed by atoms with E-state index in [1.165, 1.54) is 0 Å². The highest BCUT2D eigenvalue weighted by molar-refractivity contribution is 5.85. The van der Waals surface area contributed by atoms with Crippen LogP contribution >= 0.6 is 12.4 Å². The van der Waals surface area contributed by atoms with Gasteiger partial charge in [-0.2, -0.15) is 0 Å². The van der Waals surface area contributed by atoms with Gasteiger partial charge in [-0.25, -0.2) is 4.79 Å². The third-order valence-corrected chi connectivity index (χ3v) is 3.20. The molecule has 19 heavy (non-hydrogen) atoms. The Kier molecular flexibility index (Phi) is 6.84. The summed E-state index contributed by atoms with van der Waals surface area (Å²) in [6.07, 6.45) is 1.88. The van der Waals surface area contributed by atoms with Gasteiger partial charge in [0, 0.05) is 12.5 Å². The fraction of sp³-hybridized carbons (Fsp3) is 0.500. The average molecular weight is 286 g/mol. The first-order chi connectivity index (χ1) is 8.75. The van der Waals surface area contributed by atoms with Gasteiger partial charge in [-0.1, -0.05) is 30.3 Å². The number of halogens is 1. The van der Waals surface area contributed by atoms with Crippen LogP contribution < -0.4 is 5.32 Å². The van der Waals surface area contributed by atoms with E-state index in [0.29, 0.717) is 19.1 Å². The quantitative estimate of drug-likeness (QED) is 0.838. The summed E-state index contributed by atoms with van der Waals surface area (Å²) in [5.74, 6) is -0.892. The second kappa shape index (κ2) is 8.15. The molecule has 0 radical (unpaired) electrons. The van der Waals surface area contributed by atoms with Crippen LogP contribution in [0.25, 0.3) is 0 Å². The summed E-state index contributed by atoms with van der Waals surface area (Å²) in [7, 11) is 0. The van der Waals surface area contributed by atoms with E-state index in [2.05, 4.69) is 5.32 Å². The second-order valence-electron chi connectivity index (χ2n) is 4.64. The zero-order valence-electron chi connectivity index (χ0n) is 10.7. The molecule has 1 aromatic rings. The Hall–Kier alpha value is -1.10. The predicted octanol–water partition coefficient (Wildman–Crippen LogP) is 1.87. The summed E-state index contributed by atoms with van der Waals surface area (Å²) in [6.45, 7) is 1.48. The van der Waals surface area contributed by atoms with E-state index >= 15 is 0 Å². The number of ether oxygens (including phenoxy) is 1. The Morgan fingerprint density at radius 1 is 1.42 bits per heavy atom. The number of hydrogen-bond donors (Lipinski definition) is 2. The van der Waals surface area contributed by atoms with Crippen molar-refractivity contribution in [1.29, 1.82) is 0 Å². The minimum absolute atomic E-state index is 0. The lowest BCUT2D eigenvalue weighted by Crippen LogP contribution is -2.33. The number of nitrogens with one attached hydrogen (secondary N) is 1. The van der Waals surface area contributed by atoms with Crippen LogP contribution in [0.15, 0.2) is 30.3 Å². The van der Waals surface area contributed by atoms with Crippen LogP contribution in [0, 0.1) is 0 Å². The van der Waals surface area contributed by atoms with E-state index in [1.54, 1.807) is 0 Å². The van der Waals surface area contributed by atoms with Crippen molar-refractivity contribution in [3.8, 4) is 0 Å². The molecular formula is C14H20ClNO3. The van der Waals surface area contributed by atoms with Gasteiger partial charge in [0.05, 0.1) is 6.61 Å². The molecule has 1 aliphatic heterocycles. The summed E-state index contributed by atoms with van der Waals surface area (Å²) < 4.78 is 5.53. The molecule has 2 N–H and O–H groups in total. The van der Waals surface area contributed by atoms with Crippen LogP contribution in [0.5, 0.6) is 0 Å². The van der Waals surface area contributed by atoms with Crippen molar-refractivity contribution in [2.24, 2.45) is 0 Å². The minimum atomic E-state index is -0.892. The maximum absolute atomic E-state index is 11.2. The maximum atomic E-state index is 11.2. The molecule has 1 fully saturated rings. The molecule has 2 rings (SSSR count). The van der Waals surface area contributed by atoms with Gasteiger partial charge in [-0.05, 0) is 24.9 Å². The second-order valence-corrected chi connectivity index (χ2v) is 4.64. The summed E-state index contributed by atoms with van der Waals surface area (Å²) in [5, 5.41) is 12.5. The van der Waals surface area contributed by atoms with E-state index in [0.717, 1.165) is 24.9 Å². The first-order valence-corrected chi connectivity index (χ1v) is 6.37. The lowest BCUT2D eigenvalue weighted by atomic mass is 10.1. The Labute approximate surface area is 119 Å². The van der Waals surface area contributed by atoms with Crippen molar-refractivity contribution in [1.82, 2.24) is 5.32 Å². The number of carboxylic acid groups (broad SMARTS) is 1. The molecule has 1 heterocycles. The first kappa shape index (κ1) is 16.0. The molecule has 1 aliphatic rings. The van der Waals surface area contributed by atoms with Gasteiger partial charge >= 0.3 is 5.97 Å². The Morgan fingerprint density at radius 2 is 2.16 bits per heavy atom. The molecule has 1 aromatic carbocycles. The van der Waals surface area contributed by atoms with E-state index in [9.17, 15) is 4.79 Å². The minimum Gasteiger partial charge on any atom is -0.479 e. The predicted molar refractivity (Wildman–Crippen MR) is 75.8 cm³/mol. The van der Waals surface area contributed by atoms with Gasteiger partial charge in [-0.15, -0.1) is 12.4 Å². The number of hydrogen-bond acceptors (Lipinski definition) is 3. The maximum Gasteiger partial charge on any atom is 0.333 e. The van der Waals surface area contributed by atoms with Crippen LogP contribution in [0.2, 0.25) is 0 Å². The number of carboxylic acids is 1. The molecular weight excluding hydrogens is 266 g/mol. The molecule has 106 valence electrons. The molecule has 4 nitrogen and oxygen atoms in total. The summed E-state index contributed by atoms with van der Waals surface area (Å²) in [6, 6.07) is 9.89. The topological polar surface area (TPSA) is 58.6 Å². The number of aliphatic carboxylic acids is 1. The van der Waals surface area contributed by atoms with Crippen LogP contribution in [0.3, 0.4) is 0 Å². The zero-order chi connectivity index (χ0) is 12.8. The Morgan fingerprint density at radius 3 is 2.74 bits per heavy atom. The van der Waals surface area contributed by atoms with Crippen molar-refractivity contribution in [3.63, 3.8) is 0 Å². The van der Waals surface area contributed by atoms with Gasteiger partial charge in [0.15, 0.2) is 6.10 Å². The molecule has 0 bridgehead atoms. The van der Waals surface area contributed by atoms with Crippen LogP contribution in [0.1, 0.15) is 18.4 Å². The molecule has 5 heteroatoms. The highest BCUT2D eigenvalue weighted by atomic mass is 35.5. The normalized spacial score (nSPS) is 19.7. The van der Waals surface area contributed by atoms with E-state index < -0.39 is 12.1 Å². The van der Waals surface area contributed by atoms with E-state index in [1.807, 2.05) is 30.3 Å². The monoisotopic (exact) mass is 285 g/mol. The molecule has 1 saturated heterocycles. The molecule has 0 unspecified atom stereocenters. The molecule has 0 saturated carbocycles. The summed E-state index contributed by atoms with van der Waals surface area (Å²) in [5.41, 5.74) is 0.990. The molecule has 0 aliphatic carbocycles. The lowest BCUT2D eigenvalue weighted by Gasteiger charge is -2.17. The third-order valence-electron chi connectivity index (χ3n) is 3.20. The van der Waals surface area contributed by atoms with Crippen LogP contribution in [0.4, 0.5) is 0 Å².